The first-order chi connectivity index (χ1) is 12.7. The zero-order valence-corrected chi connectivity index (χ0v) is 14.9. The van der Waals surface area contributed by atoms with E-state index in [2.05, 4.69) is 24.9 Å². The van der Waals surface area contributed by atoms with Crippen molar-refractivity contribution in [2.24, 2.45) is 9.98 Å². The van der Waals surface area contributed by atoms with Crippen molar-refractivity contribution < 1.29 is 18.9 Å². The molecule has 0 atom stereocenters. The molecule has 0 radical (unpaired) electrons. The van der Waals surface area contributed by atoms with E-state index in [1.165, 1.54) is 27.0 Å². The van der Waals surface area contributed by atoms with Crippen molar-refractivity contribution in [3.63, 3.8) is 0 Å². The second-order valence-corrected chi connectivity index (χ2v) is 4.72. The second kappa shape index (κ2) is 9.72. The van der Waals surface area contributed by atoms with Crippen LogP contribution in [0.2, 0.25) is 0 Å². The molecule has 0 unspecified atom stereocenters. The Morgan fingerprint density at radius 2 is 1.38 bits per heavy atom. The lowest BCUT2D eigenvalue weighted by Gasteiger charge is -2.04. The Labute approximate surface area is 150 Å². The van der Waals surface area contributed by atoms with Gasteiger partial charge < -0.3 is 18.9 Å². The van der Waals surface area contributed by atoms with E-state index in [9.17, 15) is 0 Å². The summed E-state index contributed by atoms with van der Waals surface area (Å²) in [5, 5.41) is 1.54. The number of aromatic nitrogens is 3. The van der Waals surface area contributed by atoms with Crippen LogP contribution in [0.1, 0.15) is 0 Å². The summed E-state index contributed by atoms with van der Waals surface area (Å²) in [6.45, 7) is 0. The minimum atomic E-state index is 0.143. The average Bonchev–Trinajstić information content (AvgIpc) is 2.66. The number of ether oxygens (including phenoxy) is 4. The number of aliphatic imine (C=N–C) groups is 2. The summed E-state index contributed by atoms with van der Waals surface area (Å²) >= 11 is 0. The Hall–Kier alpha value is -3.49. The van der Waals surface area contributed by atoms with Gasteiger partial charge in [-0.15, -0.1) is 0 Å². The molecule has 26 heavy (non-hydrogen) atoms. The molecule has 0 aliphatic rings. The van der Waals surface area contributed by atoms with E-state index in [0.717, 1.165) is 10.4 Å². The predicted molar refractivity (Wildman–Crippen MR) is 97.8 cm³/mol. The highest BCUT2D eigenvalue weighted by Crippen LogP contribution is 2.17. The molecule has 2 aromatic rings. The lowest BCUT2D eigenvalue weighted by atomic mass is 10.1. The minimum absolute atomic E-state index is 0.143. The molecule has 0 fully saturated rings. The number of benzene rings is 1. The summed E-state index contributed by atoms with van der Waals surface area (Å²) in [6.07, 6.45) is 5.63. The summed E-state index contributed by atoms with van der Waals surface area (Å²) in [7, 11) is 6.08. The van der Waals surface area contributed by atoms with Gasteiger partial charge >= 0.3 is 0 Å². The highest BCUT2D eigenvalue weighted by Gasteiger charge is 2.10. The number of hydrogen-bond donors (Lipinski definition) is 0. The highest BCUT2D eigenvalue weighted by molar-refractivity contribution is 5.62. The fourth-order valence-corrected chi connectivity index (χ4v) is 2.05. The normalized spacial score (nSPS) is 12.8. The maximum atomic E-state index is 5.20. The summed E-state index contributed by atoms with van der Waals surface area (Å²) in [6, 6.07) is 5.58. The Morgan fingerprint density at radius 1 is 0.769 bits per heavy atom. The molecule has 0 N–H and O–H groups in total. The Kier molecular flexibility index (Phi) is 7.04. The molecule has 0 aliphatic heterocycles. The van der Waals surface area contributed by atoms with Crippen molar-refractivity contribution in [1.29, 1.82) is 0 Å². The quantitative estimate of drug-likeness (QED) is 0.536. The fraction of sp³-hybridized carbons (Fsp3) is 0.235. The van der Waals surface area contributed by atoms with Crippen molar-refractivity contribution in [2.75, 3.05) is 28.4 Å². The van der Waals surface area contributed by atoms with Crippen LogP contribution >= 0.6 is 0 Å². The van der Waals surface area contributed by atoms with E-state index < -0.39 is 0 Å². The van der Waals surface area contributed by atoms with Crippen LogP contribution in [0, 0.1) is 0 Å². The number of hydrogen-bond acceptors (Lipinski definition) is 9. The highest BCUT2D eigenvalue weighted by atomic mass is 16.5. The van der Waals surface area contributed by atoms with Crippen molar-refractivity contribution in [3.8, 4) is 11.4 Å². The van der Waals surface area contributed by atoms with Crippen LogP contribution < -0.4 is 10.4 Å². The van der Waals surface area contributed by atoms with Gasteiger partial charge in [0.25, 0.3) is 11.9 Å². The van der Waals surface area contributed by atoms with Gasteiger partial charge in [0.2, 0.25) is 0 Å². The Bertz CT molecular complexity index is 880. The third kappa shape index (κ3) is 4.76. The van der Waals surface area contributed by atoms with Gasteiger partial charge in [-0.1, -0.05) is 18.2 Å². The van der Waals surface area contributed by atoms with Gasteiger partial charge in [0.15, 0.2) is 18.6 Å². The van der Waals surface area contributed by atoms with Crippen LogP contribution in [0.25, 0.3) is 23.9 Å². The molecular formula is C17H19N5O4. The molecule has 0 saturated carbocycles. The summed E-state index contributed by atoms with van der Waals surface area (Å²) in [4.78, 5) is 20.8. The SMILES string of the molecule is COC=Nc1nc(N=COC)nc(-c2cccc(=COC)c2=COC)n1. The average molecular weight is 357 g/mol. The zero-order valence-electron chi connectivity index (χ0n) is 14.9. The predicted octanol–water partition coefficient (Wildman–Crippen LogP) is 0.920. The third-order valence-electron chi connectivity index (χ3n) is 3.02. The second-order valence-electron chi connectivity index (χ2n) is 4.72. The maximum Gasteiger partial charge on any atom is 0.257 e. The molecule has 9 heteroatoms. The van der Waals surface area contributed by atoms with Crippen LogP contribution in [0.4, 0.5) is 11.9 Å². The molecular weight excluding hydrogens is 338 g/mol. The van der Waals surface area contributed by atoms with Crippen molar-refractivity contribution in [1.82, 2.24) is 15.0 Å². The molecule has 0 aliphatic carbocycles. The molecule has 0 spiro atoms. The standard InChI is InChI=1S/C17H19N5O4/c1-23-8-12-6-5-7-13(14(12)9-24-2)15-20-16(18-10-25-3)22-17(21-15)19-11-26-4/h5-11H,1-4H3. The van der Waals surface area contributed by atoms with E-state index in [4.69, 9.17) is 18.9 Å². The van der Waals surface area contributed by atoms with Crippen molar-refractivity contribution in [3.05, 3.63) is 28.6 Å². The smallest absolute Gasteiger partial charge is 0.257 e. The molecule has 2 rings (SSSR count). The number of methoxy groups -OCH3 is 4. The van der Waals surface area contributed by atoms with Crippen LogP contribution in [-0.4, -0.2) is 56.2 Å². The molecule has 0 bridgehead atoms. The summed E-state index contributed by atoms with van der Waals surface area (Å²) in [5.74, 6) is 0.648. The Balaban J connectivity index is 2.73. The molecule has 1 heterocycles. The van der Waals surface area contributed by atoms with Crippen molar-refractivity contribution in [2.45, 2.75) is 0 Å². The van der Waals surface area contributed by atoms with Crippen LogP contribution in [-0.2, 0) is 18.9 Å². The summed E-state index contributed by atoms with van der Waals surface area (Å²) in [5.41, 5.74) is 0.697. The van der Waals surface area contributed by atoms with Gasteiger partial charge in [0, 0.05) is 16.0 Å². The first-order valence-electron chi connectivity index (χ1n) is 7.45. The fourth-order valence-electron chi connectivity index (χ4n) is 2.05. The van der Waals surface area contributed by atoms with Gasteiger partial charge in [-0.05, 0) is 0 Å². The molecule has 0 amide bonds. The van der Waals surface area contributed by atoms with Crippen LogP contribution in [0.15, 0.2) is 28.2 Å². The first kappa shape index (κ1) is 18.8. The largest absolute Gasteiger partial charge is 0.504 e. The topological polar surface area (TPSA) is 100 Å². The van der Waals surface area contributed by atoms with Gasteiger partial charge in [0.1, 0.15) is 0 Å². The van der Waals surface area contributed by atoms with E-state index in [1.807, 2.05) is 18.2 Å². The van der Waals surface area contributed by atoms with Gasteiger partial charge in [-0.25, -0.2) is 0 Å². The molecule has 136 valence electrons. The maximum absolute atomic E-state index is 5.20. The van der Waals surface area contributed by atoms with Gasteiger partial charge in [-0.2, -0.15) is 24.9 Å². The molecule has 1 aromatic carbocycles. The summed E-state index contributed by atoms with van der Waals surface area (Å²) < 4.78 is 20.0. The van der Waals surface area contributed by atoms with E-state index >= 15 is 0 Å². The number of nitrogens with zero attached hydrogens (tertiary/aromatic N) is 5. The van der Waals surface area contributed by atoms with Gasteiger partial charge in [0.05, 0.1) is 41.0 Å². The minimum Gasteiger partial charge on any atom is -0.504 e. The van der Waals surface area contributed by atoms with Crippen molar-refractivity contribution >= 4 is 37.2 Å². The lowest BCUT2D eigenvalue weighted by Crippen LogP contribution is -2.27. The third-order valence-corrected chi connectivity index (χ3v) is 3.02. The molecule has 1 aromatic heterocycles. The lowest BCUT2D eigenvalue weighted by molar-refractivity contribution is 0.387. The monoisotopic (exact) mass is 357 g/mol. The van der Waals surface area contributed by atoms with E-state index in [0.29, 0.717) is 11.4 Å². The van der Waals surface area contributed by atoms with E-state index in [1.54, 1.807) is 26.7 Å². The molecule has 9 nitrogen and oxygen atoms in total. The Morgan fingerprint density at radius 3 is 1.92 bits per heavy atom. The van der Waals surface area contributed by atoms with Crippen LogP contribution in [0.3, 0.4) is 0 Å². The molecule has 0 saturated heterocycles. The van der Waals surface area contributed by atoms with Crippen LogP contribution in [0.5, 0.6) is 0 Å². The number of rotatable bonds is 7. The van der Waals surface area contributed by atoms with Gasteiger partial charge in [-0.3, -0.25) is 0 Å². The zero-order chi connectivity index (χ0) is 18.8. The van der Waals surface area contributed by atoms with E-state index in [-0.39, 0.29) is 11.9 Å². The first-order valence-corrected chi connectivity index (χ1v) is 7.45.